The van der Waals surface area contributed by atoms with Crippen LogP contribution in [-0.4, -0.2) is 46.5 Å². The SMILES string of the molecule is Cc1cnc(NC2CC(C)OC(C)C2)nc1NC1CC(C)OC(C)C1. The lowest BCUT2D eigenvalue weighted by atomic mass is 10.00. The molecule has 1 aromatic rings. The fraction of sp³-hybridized carbons (Fsp3) is 0.789. The van der Waals surface area contributed by atoms with E-state index in [-0.39, 0.29) is 24.4 Å². The number of hydrogen-bond donors (Lipinski definition) is 2. The molecule has 2 aliphatic rings. The zero-order valence-electron chi connectivity index (χ0n) is 16.1. The Bertz CT molecular complexity index is 563. The molecule has 3 rings (SSSR count). The van der Waals surface area contributed by atoms with Crippen LogP contribution in [0.25, 0.3) is 0 Å². The fourth-order valence-corrected chi connectivity index (χ4v) is 4.08. The van der Waals surface area contributed by atoms with Crippen LogP contribution in [-0.2, 0) is 9.47 Å². The lowest BCUT2D eigenvalue weighted by molar-refractivity contribution is -0.0340. The van der Waals surface area contributed by atoms with Crippen molar-refractivity contribution >= 4 is 11.8 Å². The first-order valence-corrected chi connectivity index (χ1v) is 9.56. The molecule has 4 unspecified atom stereocenters. The van der Waals surface area contributed by atoms with Gasteiger partial charge in [-0.05, 0) is 60.3 Å². The molecule has 0 bridgehead atoms. The first-order valence-electron chi connectivity index (χ1n) is 9.56. The summed E-state index contributed by atoms with van der Waals surface area (Å²) in [5.41, 5.74) is 1.08. The molecule has 0 amide bonds. The zero-order valence-corrected chi connectivity index (χ0v) is 16.1. The summed E-state index contributed by atoms with van der Waals surface area (Å²) in [4.78, 5) is 9.22. The minimum atomic E-state index is 0.273. The predicted molar refractivity (Wildman–Crippen MR) is 100 cm³/mol. The summed E-state index contributed by atoms with van der Waals surface area (Å²) in [5.74, 6) is 1.63. The first kappa shape index (κ1) is 18.4. The van der Waals surface area contributed by atoms with Crippen molar-refractivity contribution in [1.82, 2.24) is 9.97 Å². The number of anilines is 2. The molecule has 3 heterocycles. The van der Waals surface area contributed by atoms with Gasteiger partial charge in [-0.25, -0.2) is 4.98 Å². The summed E-state index contributed by atoms with van der Waals surface area (Å²) in [6.45, 7) is 10.6. The van der Waals surface area contributed by atoms with Gasteiger partial charge in [-0.3, -0.25) is 0 Å². The molecule has 0 spiro atoms. The number of nitrogens with zero attached hydrogens (tertiary/aromatic N) is 2. The van der Waals surface area contributed by atoms with Crippen molar-refractivity contribution in [1.29, 1.82) is 0 Å². The van der Waals surface area contributed by atoms with E-state index in [9.17, 15) is 0 Å². The minimum Gasteiger partial charge on any atom is -0.375 e. The van der Waals surface area contributed by atoms with Crippen LogP contribution in [0.15, 0.2) is 6.20 Å². The lowest BCUT2D eigenvalue weighted by Gasteiger charge is -2.33. The highest BCUT2D eigenvalue weighted by Crippen LogP contribution is 2.25. The molecule has 2 saturated heterocycles. The van der Waals surface area contributed by atoms with Crippen molar-refractivity contribution in [3.8, 4) is 0 Å². The molecule has 140 valence electrons. The van der Waals surface area contributed by atoms with Crippen molar-refractivity contribution in [3.63, 3.8) is 0 Å². The Morgan fingerprint density at radius 2 is 1.32 bits per heavy atom. The Kier molecular flexibility index (Phi) is 5.79. The van der Waals surface area contributed by atoms with Crippen molar-refractivity contribution < 1.29 is 9.47 Å². The van der Waals surface area contributed by atoms with Crippen LogP contribution < -0.4 is 10.6 Å². The second kappa shape index (κ2) is 7.87. The van der Waals surface area contributed by atoms with Crippen molar-refractivity contribution in [2.45, 2.75) is 96.8 Å². The van der Waals surface area contributed by atoms with Crippen LogP contribution >= 0.6 is 0 Å². The largest absolute Gasteiger partial charge is 0.375 e. The highest BCUT2D eigenvalue weighted by atomic mass is 16.5. The molecule has 2 N–H and O–H groups in total. The monoisotopic (exact) mass is 348 g/mol. The number of aromatic nitrogens is 2. The summed E-state index contributed by atoms with van der Waals surface area (Å²) in [7, 11) is 0. The van der Waals surface area contributed by atoms with Crippen molar-refractivity contribution in [2.24, 2.45) is 0 Å². The summed E-state index contributed by atoms with van der Waals surface area (Å²) in [6.07, 6.45) is 6.99. The highest BCUT2D eigenvalue weighted by molar-refractivity contribution is 5.47. The number of rotatable bonds is 4. The third-order valence-electron chi connectivity index (χ3n) is 5.04. The van der Waals surface area contributed by atoms with Gasteiger partial charge in [-0.1, -0.05) is 0 Å². The van der Waals surface area contributed by atoms with Gasteiger partial charge >= 0.3 is 0 Å². The second-order valence-corrected chi connectivity index (χ2v) is 7.87. The lowest BCUT2D eigenvalue weighted by Crippen LogP contribution is -2.38. The van der Waals surface area contributed by atoms with Crippen LogP contribution in [0.1, 0.15) is 58.9 Å². The van der Waals surface area contributed by atoms with Gasteiger partial charge in [0.1, 0.15) is 5.82 Å². The van der Waals surface area contributed by atoms with Crippen LogP contribution in [0, 0.1) is 6.92 Å². The van der Waals surface area contributed by atoms with E-state index >= 15 is 0 Å². The van der Waals surface area contributed by atoms with Crippen LogP contribution in [0.3, 0.4) is 0 Å². The molecule has 2 aliphatic heterocycles. The van der Waals surface area contributed by atoms with Gasteiger partial charge in [0.2, 0.25) is 5.95 Å². The fourth-order valence-electron chi connectivity index (χ4n) is 4.08. The van der Waals surface area contributed by atoms with Gasteiger partial charge in [-0.2, -0.15) is 4.98 Å². The zero-order chi connectivity index (χ0) is 18.0. The van der Waals surface area contributed by atoms with E-state index in [0.717, 1.165) is 37.1 Å². The molecule has 0 aliphatic carbocycles. The predicted octanol–water partition coefficient (Wildman–Crippen LogP) is 3.52. The molecule has 6 heteroatoms. The Morgan fingerprint density at radius 1 is 0.840 bits per heavy atom. The maximum absolute atomic E-state index is 5.83. The smallest absolute Gasteiger partial charge is 0.224 e. The van der Waals surface area contributed by atoms with E-state index in [4.69, 9.17) is 14.5 Å². The quantitative estimate of drug-likeness (QED) is 0.868. The van der Waals surface area contributed by atoms with Crippen LogP contribution in [0.4, 0.5) is 11.8 Å². The molecule has 2 fully saturated rings. The Labute approximate surface area is 151 Å². The van der Waals surface area contributed by atoms with Crippen LogP contribution in [0.5, 0.6) is 0 Å². The molecule has 1 aromatic heterocycles. The Hall–Kier alpha value is -1.40. The topological polar surface area (TPSA) is 68.3 Å². The molecule has 25 heavy (non-hydrogen) atoms. The van der Waals surface area contributed by atoms with Crippen molar-refractivity contribution in [2.75, 3.05) is 10.6 Å². The molecule has 0 radical (unpaired) electrons. The van der Waals surface area contributed by atoms with Gasteiger partial charge in [0.05, 0.1) is 24.4 Å². The van der Waals surface area contributed by atoms with E-state index in [1.54, 1.807) is 0 Å². The Balaban J connectivity index is 1.66. The maximum Gasteiger partial charge on any atom is 0.224 e. The standard InChI is InChI=1S/C19H32N4O2/c1-11-10-20-19(22-17-8-14(4)25-15(5)9-17)23-18(11)21-16-6-12(2)24-13(3)7-16/h10,12-17H,6-9H2,1-5H3,(H2,20,21,22,23). The van der Waals surface area contributed by atoms with E-state index < -0.39 is 0 Å². The molecular weight excluding hydrogens is 316 g/mol. The minimum absolute atomic E-state index is 0.273. The average Bonchev–Trinajstić information content (AvgIpc) is 2.48. The Morgan fingerprint density at radius 3 is 1.84 bits per heavy atom. The molecule has 0 aromatic carbocycles. The number of ether oxygens (including phenoxy) is 2. The first-order chi connectivity index (χ1) is 11.9. The summed E-state index contributed by atoms with van der Waals surface area (Å²) in [5, 5.41) is 7.11. The number of nitrogens with one attached hydrogen (secondary N) is 2. The normalized spacial score (nSPS) is 36.0. The van der Waals surface area contributed by atoms with Crippen LogP contribution in [0.2, 0.25) is 0 Å². The highest BCUT2D eigenvalue weighted by Gasteiger charge is 2.26. The van der Waals surface area contributed by atoms with Gasteiger partial charge in [0, 0.05) is 23.8 Å². The number of hydrogen-bond acceptors (Lipinski definition) is 6. The molecule has 6 nitrogen and oxygen atoms in total. The average molecular weight is 348 g/mol. The van der Waals surface area contributed by atoms with E-state index in [1.165, 1.54) is 0 Å². The van der Waals surface area contributed by atoms with E-state index in [0.29, 0.717) is 18.0 Å². The van der Waals surface area contributed by atoms with Gasteiger partial charge in [0.15, 0.2) is 0 Å². The maximum atomic E-state index is 5.83. The molecule has 0 saturated carbocycles. The number of aryl methyl sites for hydroxylation is 1. The molecular formula is C19H32N4O2. The molecule has 4 atom stereocenters. The third-order valence-corrected chi connectivity index (χ3v) is 5.04. The van der Waals surface area contributed by atoms with Gasteiger partial charge < -0.3 is 20.1 Å². The van der Waals surface area contributed by atoms with E-state index in [1.807, 2.05) is 6.20 Å². The van der Waals surface area contributed by atoms with E-state index in [2.05, 4.69) is 50.2 Å². The van der Waals surface area contributed by atoms with Gasteiger partial charge in [0.25, 0.3) is 0 Å². The summed E-state index contributed by atoms with van der Waals surface area (Å²) >= 11 is 0. The summed E-state index contributed by atoms with van der Waals surface area (Å²) < 4.78 is 11.6. The van der Waals surface area contributed by atoms with Gasteiger partial charge in [-0.15, -0.1) is 0 Å². The van der Waals surface area contributed by atoms with Crippen molar-refractivity contribution in [3.05, 3.63) is 11.8 Å². The second-order valence-electron chi connectivity index (χ2n) is 7.87. The third kappa shape index (κ3) is 5.05. The summed E-state index contributed by atoms with van der Waals surface area (Å²) in [6, 6.07) is 0.751.